The second-order valence-corrected chi connectivity index (χ2v) is 22.5. The van der Waals surface area contributed by atoms with E-state index in [1.165, 1.54) is 82.9 Å². The van der Waals surface area contributed by atoms with Crippen LogP contribution in [0.25, 0.3) is 0 Å². The molecule has 374 valence electrons. The van der Waals surface area contributed by atoms with Crippen molar-refractivity contribution in [1.29, 1.82) is 0 Å². The van der Waals surface area contributed by atoms with Gasteiger partial charge in [0.1, 0.15) is 12.4 Å². The Balaban J connectivity index is 0.000000120. The van der Waals surface area contributed by atoms with Crippen LogP contribution in [0.5, 0.6) is 5.75 Å². The van der Waals surface area contributed by atoms with E-state index in [2.05, 4.69) is 249 Å². The average Bonchev–Trinajstić information content (AvgIpc) is 3.77. The zero-order valence-corrected chi connectivity index (χ0v) is 45.2. The Morgan fingerprint density at radius 1 is 0.356 bits per heavy atom. The molecule has 0 fully saturated rings. The zero-order valence-electron chi connectivity index (χ0n) is 44.4. The van der Waals surface area contributed by atoms with Gasteiger partial charge in [-0.25, -0.2) is 0 Å². The van der Waals surface area contributed by atoms with Crippen LogP contribution in [0.3, 0.4) is 0 Å². The monoisotopic (exact) mass is 982 g/mol. The maximum absolute atomic E-state index is 5.96. The van der Waals surface area contributed by atoms with Gasteiger partial charge in [-0.1, -0.05) is 231 Å². The Bertz CT molecular complexity index is 2640. The first-order valence-electron chi connectivity index (χ1n) is 26.8. The molecular formula is C69H75NO2S. The van der Waals surface area contributed by atoms with Gasteiger partial charge in [0, 0.05) is 52.1 Å². The first kappa shape index (κ1) is 51.6. The van der Waals surface area contributed by atoms with Crippen molar-refractivity contribution in [2.24, 2.45) is 23.7 Å². The predicted molar refractivity (Wildman–Crippen MR) is 308 cm³/mol. The van der Waals surface area contributed by atoms with Crippen molar-refractivity contribution < 1.29 is 9.47 Å². The van der Waals surface area contributed by atoms with Gasteiger partial charge in [-0.3, -0.25) is 0 Å². The van der Waals surface area contributed by atoms with Crippen LogP contribution in [0.4, 0.5) is 5.69 Å². The molecule has 3 nitrogen and oxygen atoms in total. The van der Waals surface area contributed by atoms with Gasteiger partial charge in [-0.05, 0) is 109 Å². The molecule has 0 aliphatic carbocycles. The fourth-order valence-electron chi connectivity index (χ4n) is 11.9. The van der Waals surface area contributed by atoms with Crippen molar-refractivity contribution in [3.05, 3.63) is 266 Å². The van der Waals surface area contributed by atoms with Crippen molar-refractivity contribution >= 4 is 17.4 Å². The summed E-state index contributed by atoms with van der Waals surface area (Å²) in [5.74, 6) is 6.44. The fraction of sp³-hybridized carbons (Fsp3) is 0.304. The van der Waals surface area contributed by atoms with E-state index >= 15 is 0 Å². The number of anilines is 1. The maximum Gasteiger partial charge on any atom is 0.123 e. The number of hydrogen-bond donors (Lipinski definition) is 1. The topological polar surface area (TPSA) is 30.5 Å². The molecule has 73 heavy (non-hydrogen) atoms. The lowest BCUT2D eigenvalue weighted by Gasteiger charge is -2.29. The lowest BCUT2D eigenvalue weighted by atomic mass is 9.78. The summed E-state index contributed by atoms with van der Waals surface area (Å²) in [6.45, 7) is 21.5. The molecule has 0 saturated carbocycles. The second kappa shape index (κ2) is 24.1. The van der Waals surface area contributed by atoms with Gasteiger partial charge in [0.25, 0.3) is 0 Å². The van der Waals surface area contributed by atoms with E-state index in [1.54, 1.807) is 0 Å². The Hall–Kier alpha value is -6.33. The number of ether oxygens (including phenoxy) is 2. The second-order valence-electron chi connectivity index (χ2n) is 21.5. The number of benzene rings is 8. The highest BCUT2D eigenvalue weighted by Gasteiger charge is 2.29. The molecule has 12 rings (SSSR count). The Morgan fingerprint density at radius 2 is 0.712 bits per heavy atom. The van der Waals surface area contributed by atoms with E-state index in [4.69, 9.17) is 9.47 Å². The lowest BCUT2D eigenvalue weighted by Crippen LogP contribution is -2.16. The normalized spacial score (nSPS) is 17.2. The van der Waals surface area contributed by atoms with Crippen LogP contribution in [-0.2, 0) is 36.9 Å². The minimum absolute atomic E-state index is 0.430. The molecule has 0 bridgehead atoms. The third-order valence-electron chi connectivity index (χ3n) is 15.2. The zero-order chi connectivity index (χ0) is 50.8. The molecule has 8 aromatic rings. The summed E-state index contributed by atoms with van der Waals surface area (Å²) in [7, 11) is 0. The highest BCUT2D eigenvalue weighted by molar-refractivity contribution is 7.98. The summed E-state index contributed by atoms with van der Waals surface area (Å²) in [6.07, 6.45) is 0. The van der Waals surface area contributed by atoms with E-state index in [1.807, 2.05) is 17.8 Å². The number of hydrogen-bond acceptors (Lipinski definition) is 4. The number of thioether (sulfide) groups is 1. The summed E-state index contributed by atoms with van der Waals surface area (Å²) in [5, 5.41) is 3.57. The summed E-state index contributed by atoms with van der Waals surface area (Å²) < 4.78 is 11.8. The van der Waals surface area contributed by atoms with E-state index in [0.29, 0.717) is 67.2 Å². The maximum atomic E-state index is 5.96. The van der Waals surface area contributed by atoms with Crippen LogP contribution in [0.2, 0.25) is 0 Å². The minimum atomic E-state index is 0.430. The summed E-state index contributed by atoms with van der Waals surface area (Å²) in [5.41, 5.74) is 19.7. The van der Waals surface area contributed by atoms with Crippen molar-refractivity contribution in [3.63, 3.8) is 0 Å². The molecule has 0 saturated heterocycles. The first-order chi connectivity index (χ1) is 35.6. The van der Waals surface area contributed by atoms with Crippen LogP contribution in [-0.4, -0.2) is 0 Å². The molecule has 0 spiro atoms. The highest BCUT2D eigenvalue weighted by atomic mass is 32.2. The summed E-state index contributed by atoms with van der Waals surface area (Å²) in [6, 6.07) is 69.8. The largest absolute Gasteiger partial charge is 0.489 e. The molecule has 4 heteroatoms. The fourth-order valence-corrected chi connectivity index (χ4v) is 13.0. The molecule has 3 unspecified atom stereocenters. The van der Waals surface area contributed by atoms with Gasteiger partial charge >= 0.3 is 0 Å². The van der Waals surface area contributed by atoms with Crippen LogP contribution >= 0.6 is 11.8 Å². The quantitative estimate of drug-likeness (QED) is 0.190. The van der Waals surface area contributed by atoms with Crippen molar-refractivity contribution in [2.75, 3.05) is 5.32 Å². The van der Waals surface area contributed by atoms with Crippen molar-refractivity contribution in [2.45, 2.75) is 116 Å². The van der Waals surface area contributed by atoms with E-state index < -0.39 is 0 Å². The number of para-hydroxylation sites is 2. The Morgan fingerprint density at radius 3 is 1.26 bits per heavy atom. The van der Waals surface area contributed by atoms with Crippen LogP contribution in [0.15, 0.2) is 199 Å². The van der Waals surface area contributed by atoms with E-state index in [-0.39, 0.29) is 0 Å². The highest BCUT2D eigenvalue weighted by Crippen LogP contribution is 2.45. The number of nitrogens with one attached hydrogen (secondary N) is 1. The molecule has 4 heterocycles. The van der Waals surface area contributed by atoms with E-state index in [0.717, 1.165) is 18.0 Å². The van der Waals surface area contributed by atoms with Gasteiger partial charge in [0.2, 0.25) is 0 Å². The molecule has 4 aliphatic heterocycles. The minimum Gasteiger partial charge on any atom is -0.489 e. The molecule has 0 amide bonds. The molecule has 3 atom stereocenters. The van der Waals surface area contributed by atoms with Crippen molar-refractivity contribution in [3.8, 4) is 5.75 Å². The van der Waals surface area contributed by atoms with Gasteiger partial charge < -0.3 is 14.8 Å². The molecule has 0 radical (unpaired) electrons. The molecule has 4 aliphatic rings. The smallest absolute Gasteiger partial charge is 0.123 e. The van der Waals surface area contributed by atoms with Gasteiger partial charge in [-0.15, -0.1) is 11.8 Å². The van der Waals surface area contributed by atoms with E-state index in [9.17, 15) is 0 Å². The Labute approximate surface area is 441 Å². The van der Waals surface area contributed by atoms with Crippen molar-refractivity contribution in [1.82, 2.24) is 0 Å². The van der Waals surface area contributed by atoms with Crippen LogP contribution in [0, 0.1) is 23.7 Å². The molecule has 8 aromatic carbocycles. The average molecular weight is 982 g/mol. The SMILES string of the molecule is CC(C)C1c2ccccc2CNc2ccccc21.CC(C)C1c2ccccc2COCc2ccccc21.CC(C)C1c2ccccc2COc2ccccc21.CC(C)C1c2ccccc2CSc2ccccc21. The van der Waals surface area contributed by atoms with Crippen LogP contribution in [0.1, 0.15) is 151 Å². The molecular weight excluding hydrogens is 907 g/mol. The third kappa shape index (κ3) is 11.7. The van der Waals surface area contributed by atoms with Gasteiger partial charge in [-0.2, -0.15) is 0 Å². The third-order valence-corrected chi connectivity index (χ3v) is 16.3. The number of rotatable bonds is 4. The standard InChI is InChI=1S/C18H20O.C17H19N.C17H18O.C17H18S/c1-13(2)18-16-9-5-3-7-14(16)11-19-12-15-8-4-6-10-17(15)18;3*1-12(2)17-14-8-4-3-7-13(14)11-18-16-10-6-5-9-15(16)17/h3-10,13,18H,11-12H2,1-2H3;3-10,12,17-18H,11H2,1-2H3;2*3-10,12,17H,11H2,1-2H3. The molecule has 0 aromatic heterocycles. The van der Waals surface area contributed by atoms with Crippen LogP contribution < -0.4 is 10.1 Å². The number of fused-ring (bicyclic) bond motifs is 8. The first-order valence-corrected chi connectivity index (χ1v) is 27.8. The lowest BCUT2D eigenvalue weighted by molar-refractivity contribution is 0.103. The Kier molecular flexibility index (Phi) is 17.1. The van der Waals surface area contributed by atoms with Gasteiger partial charge in [0.15, 0.2) is 0 Å². The molecule has 1 N–H and O–H groups in total. The summed E-state index contributed by atoms with van der Waals surface area (Å²) >= 11 is 1.97. The predicted octanol–water partition coefficient (Wildman–Crippen LogP) is 18.4. The summed E-state index contributed by atoms with van der Waals surface area (Å²) in [4.78, 5) is 1.45. The van der Waals surface area contributed by atoms with Gasteiger partial charge in [0.05, 0.1) is 13.2 Å².